The zero-order valence-electron chi connectivity index (χ0n) is 10.9. The summed E-state index contributed by atoms with van der Waals surface area (Å²) in [4.78, 5) is 31.2. The molecular formula is C13H17N3O3. The van der Waals surface area contributed by atoms with Crippen molar-refractivity contribution in [2.24, 2.45) is 0 Å². The highest BCUT2D eigenvalue weighted by Crippen LogP contribution is 2.07. The average Bonchev–Trinajstić information content (AvgIpc) is 2.48. The fourth-order valence-corrected chi connectivity index (χ4v) is 2.02. The molecule has 0 N–H and O–H groups in total. The van der Waals surface area contributed by atoms with Gasteiger partial charge in [-0.2, -0.15) is 0 Å². The lowest BCUT2D eigenvalue weighted by Crippen LogP contribution is -2.51. The minimum absolute atomic E-state index is 0.0348. The second-order valence-corrected chi connectivity index (χ2v) is 4.32. The highest BCUT2D eigenvalue weighted by Gasteiger charge is 2.24. The predicted octanol–water partition coefficient (Wildman–Crippen LogP) is 0.0124. The van der Waals surface area contributed by atoms with Gasteiger partial charge in [0.25, 0.3) is 5.91 Å². The van der Waals surface area contributed by atoms with E-state index in [1.165, 1.54) is 7.11 Å². The van der Waals surface area contributed by atoms with Crippen molar-refractivity contribution in [1.29, 1.82) is 0 Å². The molecule has 2 rings (SSSR count). The number of hydrogen-bond acceptors (Lipinski definition) is 4. The van der Waals surface area contributed by atoms with Crippen LogP contribution in [0, 0.1) is 0 Å². The van der Waals surface area contributed by atoms with E-state index in [2.05, 4.69) is 4.98 Å². The first kappa shape index (κ1) is 13.5. The zero-order valence-corrected chi connectivity index (χ0v) is 10.9. The monoisotopic (exact) mass is 263 g/mol. The Bertz CT molecular complexity index is 442. The number of nitrogens with zero attached hydrogens (tertiary/aromatic N) is 3. The van der Waals surface area contributed by atoms with Crippen LogP contribution in [-0.4, -0.2) is 66.5 Å². The van der Waals surface area contributed by atoms with Gasteiger partial charge in [-0.1, -0.05) is 6.07 Å². The van der Waals surface area contributed by atoms with Crippen LogP contribution in [0.3, 0.4) is 0 Å². The molecule has 0 unspecified atom stereocenters. The van der Waals surface area contributed by atoms with Gasteiger partial charge in [0.15, 0.2) is 0 Å². The summed E-state index contributed by atoms with van der Waals surface area (Å²) in [5.74, 6) is -0.119. The third-order valence-corrected chi connectivity index (χ3v) is 3.07. The maximum atomic E-state index is 12.1. The molecule has 1 aromatic heterocycles. The normalized spacial score (nSPS) is 15.4. The summed E-state index contributed by atoms with van der Waals surface area (Å²) in [7, 11) is 1.50. The summed E-state index contributed by atoms with van der Waals surface area (Å²) >= 11 is 0. The molecule has 1 aliphatic heterocycles. The third kappa shape index (κ3) is 3.29. The summed E-state index contributed by atoms with van der Waals surface area (Å²) in [6.07, 6.45) is 1.60. The molecule has 0 aliphatic carbocycles. The topological polar surface area (TPSA) is 62.7 Å². The van der Waals surface area contributed by atoms with Gasteiger partial charge in [0.2, 0.25) is 5.91 Å². The van der Waals surface area contributed by atoms with Gasteiger partial charge in [0.05, 0.1) is 0 Å². The molecule has 102 valence electrons. The number of ether oxygens (including phenoxy) is 1. The summed E-state index contributed by atoms with van der Waals surface area (Å²) in [5, 5.41) is 0. The van der Waals surface area contributed by atoms with Crippen LogP contribution in [0.25, 0.3) is 0 Å². The molecule has 6 nitrogen and oxygen atoms in total. The molecule has 1 fully saturated rings. The Hall–Kier alpha value is -1.95. The SMILES string of the molecule is COCC(=O)N1CCN(C(=O)c2ccccn2)CC1. The first-order valence-electron chi connectivity index (χ1n) is 6.19. The number of methoxy groups -OCH3 is 1. The first-order valence-corrected chi connectivity index (χ1v) is 6.19. The average molecular weight is 263 g/mol. The minimum atomic E-state index is -0.0839. The fourth-order valence-electron chi connectivity index (χ4n) is 2.02. The second kappa shape index (κ2) is 6.29. The van der Waals surface area contributed by atoms with Crippen molar-refractivity contribution in [3.05, 3.63) is 30.1 Å². The van der Waals surface area contributed by atoms with E-state index < -0.39 is 0 Å². The molecule has 6 heteroatoms. The lowest BCUT2D eigenvalue weighted by atomic mass is 10.2. The Morgan fingerprint density at radius 3 is 2.47 bits per heavy atom. The van der Waals surface area contributed by atoms with Crippen molar-refractivity contribution in [2.45, 2.75) is 0 Å². The van der Waals surface area contributed by atoms with E-state index in [9.17, 15) is 9.59 Å². The van der Waals surface area contributed by atoms with Crippen molar-refractivity contribution in [3.63, 3.8) is 0 Å². The van der Waals surface area contributed by atoms with Crippen molar-refractivity contribution < 1.29 is 14.3 Å². The van der Waals surface area contributed by atoms with Crippen molar-refractivity contribution >= 4 is 11.8 Å². The van der Waals surface area contributed by atoms with Crippen molar-refractivity contribution in [2.75, 3.05) is 39.9 Å². The predicted molar refractivity (Wildman–Crippen MR) is 68.6 cm³/mol. The molecule has 0 atom stereocenters. The highest BCUT2D eigenvalue weighted by molar-refractivity contribution is 5.92. The van der Waals surface area contributed by atoms with Crippen LogP contribution in [0.5, 0.6) is 0 Å². The largest absolute Gasteiger partial charge is 0.375 e. The number of carbonyl (C=O) groups is 2. The van der Waals surface area contributed by atoms with Gasteiger partial charge in [0.1, 0.15) is 12.3 Å². The van der Waals surface area contributed by atoms with Gasteiger partial charge in [-0.15, -0.1) is 0 Å². The zero-order chi connectivity index (χ0) is 13.7. The minimum Gasteiger partial charge on any atom is -0.375 e. The number of amides is 2. The Morgan fingerprint density at radius 1 is 1.21 bits per heavy atom. The summed E-state index contributed by atoms with van der Waals surface area (Å²) in [6.45, 7) is 2.24. The van der Waals surface area contributed by atoms with Crippen LogP contribution >= 0.6 is 0 Å². The molecule has 2 heterocycles. The Labute approximate surface area is 112 Å². The summed E-state index contributed by atoms with van der Waals surface area (Å²) < 4.78 is 4.82. The van der Waals surface area contributed by atoms with Gasteiger partial charge < -0.3 is 14.5 Å². The first-order chi connectivity index (χ1) is 9.22. The third-order valence-electron chi connectivity index (χ3n) is 3.07. The number of piperazine rings is 1. The van der Waals surface area contributed by atoms with Gasteiger partial charge >= 0.3 is 0 Å². The fraction of sp³-hybridized carbons (Fsp3) is 0.462. The lowest BCUT2D eigenvalue weighted by Gasteiger charge is -2.34. The van der Waals surface area contributed by atoms with Crippen LogP contribution in [0.2, 0.25) is 0 Å². The second-order valence-electron chi connectivity index (χ2n) is 4.32. The molecule has 0 aromatic carbocycles. The van der Waals surface area contributed by atoms with Gasteiger partial charge in [-0.3, -0.25) is 14.6 Å². The number of aromatic nitrogens is 1. The maximum absolute atomic E-state index is 12.1. The maximum Gasteiger partial charge on any atom is 0.272 e. The molecule has 0 radical (unpaired) electrons. The molecular weight excluding hydrogens is 246 g/mol. The molecule has 0 bridgehead atoms. The molecule has 1 saturated heterocycles. The number of hydrogen-bond donors (Lipinski definition) is 0. The van der Waals surface area contributed by atoms with Crippen LogP contribution in [-0.2, 0) is 9.53 Å². The number of rotatable bonds is 3. The molecule has 0 spiro atoms. The van der Waals surface area contributed by atoms with Gasteiger partial charge in [0, 0.05) is 39.5 Å². The van der Waals surface area contributed by atoms with Crippen LogP contribution in [0.4, 0.5) is 0 Å². The van der Waals surface area contributed by atoms with Gasteiger partial charge in [-0.25, -0.2) is 0 Å². The van der Waals surface area contributed by atoms with Crippen LogP contribution < -0.4 is 0 Å². The van der Waals surface area contributed by atoms with E-state index in [0.717, 1.165) is 0 Å². The van der Waals surface area contributed by atoms with E-state index in [-0.39, 0.29) is 18.4 Å². The summed E-state index contributed by atoms with van der Waals surface area (Å²) in [6, 6.07) is 5.27. The number of carbonyl (C=O) groups excluding carboxylic acids is 2. The van der Waals surface area contributed by atoms with Crippen molar-refractivity contribution in [1.82, 2.24) is 14.8 Å². The van der Waals surface area contributed by atoms with E-state index in [0.29, 0.717) is 31.9 Å². The number of pyridine rings is 1. The van der Waals surface area contributed by atoms with Gasteiger partial charge in [-0.05, 0) is 12.1 Å². The van der Waals surface area contributed by atoms with E-state index in [1.807, 2.05) is 0 Å². The van der Waals surface area contributed by atoms with Crippen LogP contribution in [0.15, 0.2) is 24.4 Å². The van der Waals surface area contributed by atoms with E-state index >= 15 is 0 Å². The van der Waals surface area contributed by atoms with E-state index in [4.69, 9.17) is 4.74 Å². The Morgan fingerprint density at radius 2 is 1.89 bits per heavy atom. The molecule has 1 aliphatic rings. The Balaban J connectivity index is 1.90. The highest BCUT2D eigenvalue weighted by atomic mass is 16.5. The lowest BCUT2D eigenvalue weighted by molar-refractivity contribution is -0.136. The molecule has 0 saturated carbocycles. The molecule has 2 amide bonds. The van der Waals surface area contributed by atoms with Crippen molar-refractivity contribution in [3.8, 4) is 0 Å². The van der Waals surface area contributed by atoms with E-state index in [1.54, 1.807) is 34.2 Å². The standard InChI is InChI=1S/C13H17N3O3/c1-19-10-12(17)15-6-8-16(9-7-15)13(18)11-4-2-3-5-14-11/h2-5H,6-10H2,1H3. The van der Waals surface area contributed by atoms with Crippen LogP contribution in [0.1, 0.15) is 10.5 Å². The summed E-state index contributed by atoms with van der Waals surface area (Å²) in [5.41, 5.74) is 0.444. The molecule has 1 aromatic rings. The smallest absolute Gasteiger partial charge is 0.272 e. The quantitative estimate of drug-likeness (QED) is 0.771. The molecule has 19 heavy (non-hydrogen) atoms. The Kier molecular flexibility index (Phi) is 4.46.